The summed E-state index contributed by atoms with van der Waals surface area (Å²) >= 11 is 0. The van der Waals surface area contributed by atoms with Crippen LogP contribution in [0.3, 0.4) is 0 Å². The number of ether oxygens (including phenoxy) is 1. The van der Waals surface area contributed by atoms with Gasteiger partial charge in [-0.2, -0.15) is 0 Å². The first kappa shape index (κ1) is 12.5. The summed E-state index contributed by atoms with van der Waals surface area (Å²) in [5.41, 5.74) is 0. The third-order valence-electron chi connectivity index (χ3n) is 2.94. The summed E-state index contributed by atoms with van der Waals surface area (Å²) in [6, 6.07) is 0. The molecule has 1 rings (SSSR count). The number of aliphatic hydroxyl groups excluding tert-OH is 1. The Kier molecular flexibility index (Phi) is 5.05. The molecule has 0 heterocycles. The van der Waals surface area contributed by atoms with Gasteiger partial charge in [-0.25, -0.2) is 0 Å². The number of carbonyl (C=O) groups excluding carboxylic acids is 1. The molecular weight excluding hydrogens is 194 g/mol. The van der Waals surface area contributed by atoms with Crippen molar-refractivity contribution in [1.29, 1.82) is 0 Å². The largest absolute Gasteiger partial charge is 0.393 e. The predicted molar refractivity (Wildman–Crippen MR) is 57.4 cm³/mol. The molecule has 3 unspecified atom stereocenters. The second kappa shape index (κ2) is 6.08. The summed E-state index contributed by atoms with van der Waals surface area (Å²) in [5, 5.41) is 12.4. The van der Waals surface area contributed by atoms with Crippen LogP contribution in [0.1, 0.15) is 33.1 Å². The van der Waals surface area contributed by atoms with E-state index in [1.165, 1.54) is 0 Å². The van der Waals surface area contributed by atoms with Crippen molar-refractivity contribution in [2.75, 3.05) is 13.2 Å². The molecule has 1 aliphatic carbocycles. The van der Waals surface area contributed by atoms with Gasteiger partial charge in [0.25, 0.3) is 0 Å². The summed E-state index contributed by atoms with van der Waals surface area (Å²) in [6.45, 7) is 4.71. The van der Waals surface area contributed by atoms with E-state index in [2.05, 4.69) is 5.32 Å². The normalized spacial score (nSPS) is 27.7. The Hall–Kier alpha value is -0.610. The highest BCUT2D eigenvalue weighted by atomic mass is 16.5. The molecule has 1 saturated carbocycles. The van der Waals surface area contributed by atoms with Crippen molar-refractivity contribution in [1.82, 2.24) is 5.32 Å². The average Bonchev–Trinajstić information content (AvgIpc) is 2.61. The number of aliphatic hydroxyl groups is 1. The van der Waals surface area contributed by atoms with Crippen LogP contribution in [-0.4, -0.2) is 36.4 Å². The maximum Gasteiger partial charge on any atom is 0.248 e. The summed E-state index contributed by atoms with van der Waals surface area (Å²) < 4.78 is 5.17. The number of amides is 1. The smallest absolute Gasteiger partial charge is 0.248 e. The lowest BCUT2D eigenvalue weighted by atomic mass is 10.1. The van der Waals surface area contributed by atoms with Crippen molar-refractivity contribution in [2.24, 2.45) is 5.92 Å². The first-order valence-corrected chi connectivity index (χ1v) is 5.72. The van der Waals surface area contributed by atoms with Crippen LogP contribution < -0.4 is 5.32 Å². The van der Waals surface area contributed by atoms with Crippen molar-refractivity contribution in [3.8, 4) is 0 Å². The zero-order valence-electron chi connectivity index (χ0n) is 9.53. The van der Waals surface area contributed by atoms with Gasteiger partial charge in [0.2, 0.25) is 5.91 Å². The first-order chi connectivity index (χ1) is 7.15. The zero-order chi connectivity index (χ0) is 11.3. The molecule has 15 heavy (non-hydrogen) atoms. The van der Waals surface area contributed by atoms with Gasteiger partial charge in [0.1, 0.15) is 6.10 Å². The molecule has 4 nitrogen and oxygen atoms in total. The minimum absolute atomic E-state index is 0.0871. The fourth-order valence-electron chi connectivity index (χ4n) is 1.96. The Balaban J connectivity index is 2.21. The maximum absolute atomic E-state index is 11.5. The van der Waals surface area contributed by atoms with E-state index >= 15 is 0 Å². The lowest BCUT2D eigenvalue weighted by molar-refractivity contribution is -0.131. The first-order valence-electron chi connectivity index (χ1n) is 5.72. The SMILES string of the molecule is CCOC(C)C(=O)NCC1CCCC1O. The summed E-state index contributed by atoms with van der Waals surface area (Å²) in [5.74, 6) is 0.138. The Morgan fingerprint density at radius 2 is 2.33 bits per heavy atom. The van der Waals surface area contributed by atoms with E-state index in [0.29, 0.717) is 13.2 Å². The van der Waals surface area contributed by atoms with E-state index in [1.54, 1.807) is 6.92 Å². The van der Waals surface area contributed by atoms with Gasteiger partial charge in [0.05, 0.1) is 6.10 Å². The molecular formula is C11H21NO3. The Bertz CT molecular complexity index is 208. The third-order valence-corrected chi connectivity index (χ3v) is 2.94. The van der Waals surface area contributed by atoms with E-state index in [1.807, 2.05) is 6.92 Å². The van der Waals surface area contributed by atoms with E-state index in [9.17, 15) is 9.90 Å². The molecule has 0 bridgehead atoms. The second-order valence-corrected chi connectivity index (χ2v) is 4.10. The van der Waals surface area contributed by atoms with Gasteiger partial charge < -0.3 is 15.2 Å². The predicted octanol–water partition coefficient (Wildman–Crippen LogP) is 0.689. The van der Waals surface area contributed by atoms with Crippen molar-refractivity contribution < 1.29 is 14.6 Å². The number of nitrogens with one attached hydrogen (secondary N) is 1. The average molecular weight is 215 g/mol. The fourth-order valence-corrected chi connectivity index (χ4v) is 1.96. The van der Waals surface area contributed by atoms with E-state index < -0.39 is 6.10 Å². The number of hydrogen-bond donors (Lipinski definition) is 2. The van der Waals surface area contributed by atoms with Crippen LogP contribution in [0.2, 0.25) is 0 Å². The van der Waals surface area contributed by atoms with Gasteiger partial charge in [-0.05, 0) is 26.7 Å². The molecule has 1 amide bonds. The topological polar surface area (TPSA) is 58.6 Å². The molecule has 1 aliphatic rings. The standard InChI is InChI=1S/C11H21NO3/c1-3-15-8(2)11(14)12-7-9-5-4-6-10(9)13/h8-10,13H,3-7H2,1-2H3,(H,12,14). The lowest BCUT2D eigenvalue weighted by Crippen LogP contribution is -2.38. The second-order valence-electron chi connectivity index (χ2n) is 4.10. The molecule has 2 N–H and O–H groups in total. The van der Waals surface area contributed by atoms with Crippen molar-refractivity contribution in [3.63, 3.8) is 0 Å². The van der Waals surface area contributed by atoms with Gasteiger partial charge in [-0.3, -0.25) is 4.79 Å². The van der Waals surface area contributed by atoms with Crippen LogP contribution in [0.25, 0.3) is 0 Å². The van der Waals surface area contributed by atoms with Crippen LogP contribution in [-0.2, 0) is 9.53 Å². The minimum atomic E-state index is -0.395. The number of rotatable bonds is 5. The summed E-state index contributed by atoms with van der Waals surface area (Å²) in [6.07, 6.45) is 2.29. The van der Waals surface area contributed by atoms with Gasteiger partial charge in [0.15, 0.2) is 0 Å². The van der Waals surface area contributed by atoms with Crippen LogP contribution >= 0.6 is 0 Å². The Morgan fingerprint density at radius 3 is 2.87 bits per heavy atom. The molecule has 0 saturated heterocycles. The van der Waals surface area contributed by atoms with E-state index in [4.69, 9.17) is 4.74 Å². The van der Waals surface area contributed by atoms with Gasteiger partial charge in [-0.15, -0.1) is 0 Å². The molecule has 0 spiro atoms. The fraction of sp³-hybridized carbons (Fsp3) is 0.909. The van der Waals surface area contributed by atoms with Crippen LogP contribution in [0, 0.1) is 5.92 Å². The highest BCUT2D eigenvalue weighted by Crippen LogP contribution is 2.24. The van der Waals surface area contributed by atoms with Crippen molar-refractivity contribution in [3.05, 3.63) is 0 Å². The van der Waals surface area contributed by atoms with Crippen LogP contribution in [0.5, 0.6) is 0 Å². The molecule has 0 aromatic heterocycles. The van der Waals surface area contributed by atoms with Crippen LogP contribution in [0.15, 0.2) is 0 Å². The molecule has 0 radical (unpaired) electrons. The molecule has 1 fully saturated rings. The summed E-state index contributed by atoms with van der Waals surface area (Å²) in [4.78, 5) is 11.5. The molecule has 0 aromatic carbocycles. The van der Waals surface area contributed by atoms with E-state index in [0.717, 1.165) is 19.3 Å². The Labute approximate surface area is 91.0 Å². The van der Waals surface area contributed by atoms with Crippen LogP contribution in [0.4, 0.5) is 0 Å². The van der Waals surface area contributed by atoms with Gasteiger partial charge in [-0.1, -0.05) is 6.42 Å². The molecule has 3 atom stereocenters. The maximum atomic E-state index is 11.5. The van der Waals surface area contributed by atoms with Gasteiger partial charge >= 0.3 is 0 Å². The molecule has 4 heteroatoms. The lowest BCUT2D eigenvalue weighted by Gasteiger charge is -2.17. The van der Waals surface area contributed by atoms with Crippen molar-refractivity contribution >= 4 is 5.91 Å². The van der Waals surface area contributed by atoms with Gasteiger partial charge in [0, 0.05) is 19.1 Å². The number of hydrogen-bond acceptors (Lipinski definition) is 3. The summed E-state index contributed by atoms with van der Waals surface area (Å²) in [7, 11) is 0. The zero-order valence-corrected chi connectivity index (χ0v) is 9.53. The van der Waals surface area contributed by atoms with Crippen molar-refractivity contribution in [2.45, 2.75) is 45.3 Å². The Morgan fingerprint density at radius 1 is 1.60 bits per heavy atom. The number of carbonyl (C=O) groups is 1. The minimum Gasteiger partial charge on any atom is -0.393 e. The quantitative estimate of drug-likeness (QED) is 0.709. The molecule has 0 aromatic rings. The highest BCUT2D eigenvalue weighted by Gasteiger charge is 2.25. The van der Waals surface area contributed by atoms with E-state index in [-0.39, 0.29) is 17.9 Å². The monoisotopic (exact) mass is 215 g/mol. The highest BCUT2D eigenvalue weighted by molar-refractivity contribution is 5.80. The third kappa shape index (κ3) is 3.80. The molecule has 88 valence electrons. The molecule has 0 aliphatic heterocycles.